The molecule has 5 nitrogen and oxygen atoms in total. The molecule has 0 atom stereocenters. The highest BCUT2D eigenvalue weighted by Gasteiger charge is 2.18. The SMILES string of the molecule is [B]Cc1ccc(Cn2c(CNCC)nc3c(N)nc4ccsc4c32)cc1. The predicted octanol–water partition coefficient (Wildman–Crippen LogP) is 3.05. The molecule has 0 fully saturated rings. The van der Waals surface area contributed by atoms with Crippen molar-refractivity contribution < 1.29 is 0 Å². The Bertz CT molecular complexity index is 1050. The molecule has 0 bridgehead atoms. The first-order chi connectivity index (χ1) is 12.7. The molecule has 0 unspecified atom stereocenters. The van der Waals surface area contributed by atoms with E-state index in [4.69, 9.17) is 18.6 Å². The molecule has 0 aliphatic heterocycles. The van der Waals surface area contributed by atoms with Gasteiger partial charge in [0.25, 0.3) is 0 Å². The van der Waals surface area contributed by atoms with E-state index in [1.165, 1.54) is 5.56 Å². The fraction of sp³-hybridized carbons (Fsp3) is 0.263. The van der Waals surface area contributed by atoms with E-state index in [-0.39, 0.29) is 0 Å². The lowest BCUT2D eigenvalue weighted by atomic mass is 9.96. The Morgan fingerprint density at radius 1 is 1.15 bits per heavy atom. The van der Waals surface area contributed by atoms with Gasteiger partial charge < -0.3 is 15.6 Å². The van der Waals surface area contributed by atoms with Crippen molar-refractivity contribution in [1.82, 2.24) is 19.9 Å². The van der Waals surface area contributed by atoms with Crippen LogP contribution in [0.1, 0.15) is 23.9 Å². The molecular weight excluding hydrogens is 341 g/mol. The fourth-order valence-electron chi connectivity index (χ4n) is 3.16. The minimum Gasteiger partial charge on any atom is -0.382 e. The number of nitrogens with one attached hydrogen (secondary N) is 1. The van der Waals surface area contributed by atoms with E-state index in [1.54, 1.807) is 11.3 Å². The molecule has 130 valence electrons. The van der Waals surface area contributed by atoms with E-state index in [2.05, 4.69) is 46.1 Å². The normalized spacial score (nSPS) is 11.6. The zero-order valence-corrected chi connectivity index (χ0v) is 15.5. The average molecular weight is 361 g/mol. The van der Waals surface area contributed by atoms with Crippen LogP contribution in [0.15, 0.2) is 35.7 Å². The molecule has 4 rings (SSSR count). The van der Waals surface area contributed by atoms with Gasteiger partial charge in [-0.25, -0.2) is 9.97 Å². The summed E-state index contributed by atoms with van der Waals surface area (Å²) in [5.74, 6) is 1.46. The Balaban J connectivity index is 1.88. The Labute approximate surface area is 157 Å². The maximum absolute atomic E-state index is 6.21. The number of rotatable bonds is 6. The Morgan fingerprint density at radius 3 is 2.65 bits per heavy atom. The van der Waals surface area contributed by atoms with Gasteiger partial charge in [0.05, 0.1) is 30.1 Å². The molecule has 0 saturated carbocycles. The zero-order chi connectivity index (χ0) is 18.1. The van der Waals surface area contributed by atoms with Crippen LogP contribution >= 0.6 is 11.3 Å². The predicted molar refractivity (Wildman–Crippen MR) is 110 cm³/mol. The topological polar surface area (TPSA) is 68.8 Å². The van der Waals surface area contributed by atoms with Crippen LogP contribution in [0.2, 0.25) is 0 Å². The van der Waals surface area contributed by atoms with Crippen LogP contribution in [0.25, 0.3) is 21.3 Å². The molecule has 3 aromatic heterocycles. The number of nitrogens with zero attached hydrogens (tertiary/aromatic N) is 3. The van der Waals surface area contributed by atoms with Gasteiger partial charge in [-0.2, -0.15) is 0 Å². The number of hydrogen-bond donors (Lipinski definition) is 2. The second-order valence-electron chi connectivity index (χ2n) is 6.24. The zero-order valence-electron chi connectivity index (χ0n) is 14.7. The summed E-state index contributed by atoms with van der Waals surface area (Å²) < 4.78 is 3.38. The molecule has 0 aliphatic rings. The van der Waals surface area contributed by atoms with Crippen molar-refractivity contribution in [3.63, 3.8) is 0 Å². The molecular formula is C19H20BN5S. The third kappa shape index (κ3) is 2.97. The summed E-state index contributed by atoms with van der Waals surface area (Å²) in [6, 6.07) is 10.4. The van der Waals surface area contributed by atoms with Gasteiger partial charge in [0.15, 0.2) is 5.82 Å². The van der Waals surface area contributed by atoms with Gasteiger partial charge in [-0.15, -0.1) is 11.3 Å². The van der Waals surface area contributed by atoms with Gasteiger partial charge in [-0.3, -0.25) is 0 Å². The monoisotopic (exact) mass is 361 g/mol. The Morgan fingerprint density at radius 2 is 1.92 bits per heavy atom. The Hall–Kier alpha value is -2.38. The summed E-state index contributed by atoms with van der Waals surface area (Å²) in [5, 5.41) is 5.42. The highest BCUT2D eigenvalue weighted by molar-refractivity contribution is 7.18. The number of pyridine rings is 1. The molecule has 7 heteroatoms. The van der Waals surface area contributed by atoms with Gasteiger partial charge >= 0.3 is 0 Å². The molecule has 4 aromatic rings. The van der Waals surface area contributed by atoms with Crippen LogP contribution in [-0.4, -0.2) is 28.9 Å². The van der Waals surface area contributed by atoms with E-state index < -0.39 is 0 Å². The maximum Gasteiger partial charge on any atom is 0.152 e. The molecule has 0 spiro atoms. The summed E-state index contributed by atoms with van der Waals surface area (Å²) in [6.07, 6.45) is 0.554. The molecule has 1 aromatic carbocycles. The summed E-state index contributed by atoms with van der Waals surface area (Å²) in [7, 11) is 5.71. The van der Waals surface area contributed by atoms with E-state index in [9.17, 15) is 0 Å². The number of anilines is 1. The maximum atomic E-state index is 6.21. The van der Waals surface area contributed by atoms with Gasteiger partial charge in [0.1, 0.15) is 11.3 Å². The second kappa shape index (κ2) is 7.09. The van der Waals surface area contributed by atoms with Gasteiger partial charge in [0, 0.05) is 6.54 Å². The van der Waals surface area contributed by atoms with E-state index in [1.807, 2.05) is 11.4 Å². The largest absolute Gasteiger partial charge is 0.382 e. The van der Waals surface area contributed by atoms with Crippen molar-refractivity contribution in [2.24, 2.45) is 0 Å². The Kier molecular flexibility index (Phi) is 4.65. The van der Waals surface area contributed by atoms with Crippen molar-refractivity contribution in [2.45, 2.75) is 26.3 Å². The van der Waals surface area contributed by atoms with E-state index in [0.29, 0.717) is 18.7 Å². The number of nitrogens with two attached hydrogens (primary N) is 1. The van der Waals surface area contributed by atoms with Gasteiger partial charge in [-0.1, -0.05) is 43.1 Å². The summed E-state index contributed by atoms with van der Waals surface area (Å²) in [6.45, 7) is 4.40. The minimum absolute atomic E-state index is 0.487. The first-order valence-electron chi connectivity index (χ1n) is 8.71. The molecule has 3 N–H and O–H groups in total. The van der Waals surface area contributed by atoms with Crippen LogP contribution in [0, 0.1) is 0 Å². The highest BCUT2D eigenvalue weighted by Crippen LogP contribution is 2.32. The minimum atomic E-state index is 0.487. The fourth-order valence-corrected chi connectivity index (χ4v) is 4.05. The van der Waals surface area contributed by atoms with Crippen molar-refractivity contribution in [3.8, 4) is 0 Å². The first kappa shape index (κ1) is 17.1. The van der Waals surface area contributed by atoms with Crippen molar-refractivity contribution in [2.75, 3.05) is 12.3 Å². The van der Waals surface area contributed by atoms with Crippen LogP contribution in [0.4, 0.5) is 5.82 Å². The van der Waals surface area contributed by atoms with Gasteiger partial charge in [0.2, 0.25) is 0 Å². The van der Waals surface area contributed by atoms with Crippen LogP contribution < -0.4 is 11.1 Å². The smallest absolute Gasteiger partial charge is 0.152 e. The lowest BCUT2D eigenvalue weighted by Gasteiger charge is -2.11. The van der Waals surface area contributed by atoms with Crippen molar-refractivity contribution >= 4 is 46.3 Å². The number of imidazole rings is 1. The van der Waals surface area contributed by atoms with Crippen molar-refractivity contribution in [1.29, 1.82) is 0 Å². The number of benzene rings is 1. The van der Waals surface area contributed by atoms with E-state index >= 15 is 0 Å². The molecule has 0 amide bonds. The molecule has 2 radical (unpaired) electrons. The third-order valence-electron chi connectivity index (χ3n) is 4.52. The quantitative estimate of drug-likeness (QED) is 0.518. The number of thiophene rings is 1. The number of fused-ring (bicyclic) bond motifs is 3. The first-order valence-corrected chi connectivity index (χ1v) is 9.59. The van der Waals surface area contributed by atoms with Crippen LogP contribution in [0.3, 0.4) is 0 Å². The van der Waals surface area contributed by atoms with Gasteiger partial charge in [-0.05, 0) is 23.6 Å². The standard InChI is InChI=1S/C19H20BN5S/c1-2-22-10-15-24-16-17(18-14(7-8-26-18)23-19(16)21)25(15)11-13-5-3-12(9-20)4-6-13/h3-8,22H,2,9-11H2,1H3,(H2,21,23). The lowest BCUT2D eigenvalue weighted by molar-refractivity contribution is 0.648. The number of aromatic nitrogens is 3. The number of nitrogen functional groups attached to an aromatic ring is 1. The molecule has 0 saturated heterocycles. The van der Waals surface area contributed by atoms with Crippen LogP contribution in [0.5, 0.6) is 0 Å². The summed E-state index contributed by atoms with van der Waals surface area (Å²) in [4.78, 5) is 9.32. The van der Waals surface area contributed by atoms with Crippen molar-refractivity contribution in [3.05, 3.63) is 52.7 Å². The molecule has 0 aliphatic carbocycles. The molecule has 26 heavy (non-hydrogen) atoms. The molecule has 3 heterocycles. The summed E-state index contributed by atoms with van der Waals surface area (Å²) >= 11 is 1.68. The lowest BCUT2D eigenvalue weighted by Crippen LogP contribution is -2.16. The highest BCUT2D eigenvalue weighted by atomic mass is 32.1. The van der Waals surface area contributed by atoms with E-state index in [0.717, 1.165) is 45.7 Å². The second-order valence-corrected chi connectivity index (χ2v) is 7.16. The third-order valence-corrected chi connectivity index (χ3v) is 5.43. The summed E-state index contributed by atoms with van der Waals surface area (Å²) in [5.41, 5.74) is 11.3. The average Bonchev–Trinajstić information content (AvgIpc) is 3.25. The number of hydrogen-bond acceptors (Lipinski definition) is 5. The van der Waals surface area contributed by atoms with Crippen LogP contribution in [-0.2, 0) is 19.4 Å².